The molecule has 1 aliphatic carbocycles. The Balaban J connectivity index is 0.000000146. The highest BCUT2D eigenvalue weighted by Gasteiger charge is 2.24. The molecular weight excluding hydrogens is 1160 g/mol. The van der Waals surface area contributed by atoms with Gasteiger partial charge in [-0.05, 0) is 83.3 Å². The minimum absolute atomic E-state index is 0.0580. The van der Waals surface area contributed by atoms with Gasteiger partial charge in [0.25, 0.3) is 27.8 Å². The number of fused-ring (bicyclic) bond motifs is 6. The van der Waals surface area contributed by atoms with E-state index in [0.29, 0.717) is 123 Å². The van der Waals surface area contributed by atoms with Crippen molar-refractivity contribution in [3.05, 3.63) is 197 Å². The number of aliphatic hydroxyl groups excluding tert-OH is 4. The fourth-order valence-corrected chi connectivity index (χ4v) is 10.6. The van der Waals surface area contributed by atoms with Gasteiger partial charge in [-0.15, -0.1) is 0 Å². The number of aliphatic hydroxyl groups is 4. The van der Waals surface area contributed by atoms with E-state index in [1.54, 1.807) is 6.92 Å². The second-order valence-electron chi connectivity index (χ2n) is 20.3. The van der Waals surface area contributed by atoms with E-state index in [1.165, 1.54) is 47.4 Å². The SMILES string of the molecule is CCCc1c(CO)nc2c(C#N)c[nH]n2c1=O.CCc1c(CCCO)nc2c(C#N)c[nH]n2c1=O.CCc1c(CO)nc2c(C#N)c(C)[nH]n2c1=O.CCc1c(CO)nc2c(C#N)c[nH]n2c1=O.N#Cc1cnn2c(=O)c3c(n(-c4ccccc4)c12)CCCC3. The normalized spacial score (nSPS) is 11.4. The van der Waals surface area contributed by atoms with E-state index in [9.17, 15) is 39.4 Å². The number of nitrogens with zero attached hydrogens (tertiary/aromatic N) is 16. The maximum Gasteiger partial charge on any atom is 0.277 e. The van der Waals surface area contributed by atoms with Crippen LogP contribution in [0.1, 0.15) is 143 Å². The van der Waals surface area contributed by atoms with Gasteiger partial charge in [0.15, 0.2) is 28.2 Å². The summed E-state index contributed by atoms with van der Waals surface area (Å²) in [5.74, 6) is 0. The molecule has 0 bridgehead atoms. The predicted octanol–water partition coefficient (Wildman–Crippen LogP) is 3.16. The van der Waals surface area contributed by atoms with Gasteiger partial charge in [-0.25, -0.2) is 33.5 Å². The van der Waals surface area contributed by atoms with Crippen molar-refractivity contribution in [1.82, 2.24) is 72.6 Å². The zero-order chi connectivity index (χ0) is 64.9. The lowest BCUT2D eigenvalue weighted by Gasteiger charge is -2.22. The van der Waals surface area contributed by atoms with Crippen LogP contribution < -0.4 is 27.8 Å². The summed E-state index contributed by atoms with van der Waals surface area (Å²) in [5.41, 5.74) is 9.55. The van der Waals surface area contributed by atoms with Crippen LogP contribution in [0.25, 0.3) is 33.9 Å². The van der Waals surface area contributed by atoms with Gasteiger partial charge < -0.3 is 20.4 Å². The van der Waals surface area contributed by atoms with E-state index < -0.39 is 0 Å². The van der Waals surface area contributed by atoms with Crippen molar-refractivity contribution in [3.63, 3.8) is 0 Å². The first-order valence-electron chi connectivity index (χ1n) is 28.7. The van der Waals surface area contributed by atoms with Crippen LogP contribution in [0, 0.1) is 63.6 Å². The van der Waals surface area contributed by atoms with Crippen LogP contribution in [-0.2, 0) is 64.8 Å². The summed E-state index contributed by atoms with van der Waals surface area (Å²) in [6.07, 6.45) is 13.5. The fourth-order valence-electron chi connectivity index (χ4n) is 10.6. The van der Waals surface area contributed by atoms with Crippen molar-refractivity contribution in [3.8, 4) is 36.0 Å². The summed E-state index contributed by atoms with van der Waals surface area (Å²) in [6, 6.07) is 19.9. The molecule has 11 aromatic rings. The lowest BCUT2D eigenvalue weighted by molar-refractivity contribution is 0.275. The third-order valence-corrected chi connectivity index (χ3v) is 15.0. The Morgan fingerprint density at radius 1 is 0.533 bits per heavy atom. The van der Waals surface area contributed by atoms with Crippen molar-refractivity contribution in [1.29, 1.82) is 26.3 Å². The smallest absolute Gasteiger partial charge is 0.277 e. The fraction of sp³-hybridized carbons (Fsp3) is 0.328. The van der Waals surface area contributed by atoms with Gasteiger partial charge in [0, 0.05) is 64.4 Å². The van der Waals surface area contributed by atoms with E-state index in [2.05, 4.69) is 51.5 Å². The minimum Gasteiger partial charge on any atom is -0.396 e. The molecule has 0 atom stereocenters. The van der Waals surface area contributed by atoms with E-state index in [1.807, 2.05) is 86.9 Å². The van der Waals surface area contributed by atoms with Crippen molar-refractivity contribution in [2.75, 3.05) is 6.61 Å². The average molecular weight is 1220 g/mol. The number of aromatic nitrogens is 15. The van der Waals surface area contributed by atoms with Gasteiger partial charge in [-0.2, -0.15) is 40.4 Å². The Hall–Kier alpha value is -11.4. The molecule has 0 unspecified atom stereocenters. The van der Waals surface area contributed by atoms with E-state index in [0.717, 1.165) is 49.0 Å². The number of hydrogen-bond donors (Lipinski definition) is 8. The van der Waals surface area contributed by atoms with E-state index in [-0.39, 0.29) is 76.7 Å². The summed E-state index contributed by atoms with van der Waals surface area (Å²) < 4.78 is 8.40. The highest BCUT2D eigenvalue weighted by Crippen LogP contribution is 2.26. The summed E-state index contributed by atoms with van der Waals surface area (Å²) in [4.78, 5) is 77.8. The topological polar surface area (TPSA) is 440 Å². The first-order valence-corrected chi connectivity index (χ1v) is 28.7. The summed E-state index contributed by atoms with van der Waals surface area (Å²) in [5, 5.41) is 96.5. The Labute approximate surface area is 510 Å². The molecule has 1 aromatic carbocycles. The highest BCUT2D eigenvalue weighted by molar-refractivity contribution is 5.62. The van der Waals surface area contributed by atoms with E-state index >= 15 is 0 Å². The van der Waals surface area contributed by atoms with Gasteiger partial charge in [0.2, 0.25) is 0 Å². The molecule has 0 aliphatic heterocycles. The Morgan fingerprint density at radius 3 is 1.46 bits per heavy atom. The lowest BCUT2D eigenvalue weighted by Crippen LogP contribution is -2.28. The summed E-state index contributed by atoms with van der Waals surface area (Å²) in [6.45, 7) is 8.35. The number of aromatic amines is 4. The van der Waals surface area contributed by atoms with Crippen molar-refractivity contribution < 1.29 is 20.4 Å². The van der Waals surface area contributed by atoms with Gasteiger partial charge in [-0.3, -0.25) is 48.9 Å². The van der Waals surface area contributed by atoms with Gasteiger partial charge in [0.1, 0.15) is 58.2 Å². The quantitative estimate of drug-likeness (QED) is 0.0870. The van der Waals surface area contributed by atoms with Crippen LogP contribution in [0.2, 0.25) is 0 Å². The molecule has 0 fully saturated rings. The molecule has 0 saturated heterocycles. The van der Waals surface area contributed by atoms with Crippen LogP contribution in [0.5, 0.6) is 0 Å². The molecule has 460 valence electrons. The van der Waals surface area contributed by atoms with Crippen LogP contribution in [0.15, 0.2) is 79.1 Å². The predicted molar refractivity (Wildman–Crippen MR) is 324 cm³/mol. The minimum atomic E-state index is -0.302. The number of para-hydroxylation sites is 1. The first-order chi connectivity index (χ1) is 43.6. The van der Waals surface area contributed by atoms with E-state index in [4.69, 9.17) is 31.3 Å². The molecule has 29 heteroatoms. The number of H-pyrrole nitrogens is 4. The third kappa shape index (κ3) is 12.3. The molecule has 8 N–H and O–H groups in total. The van der Waals surface area contributed by atoms with Gasteiger partial charge in [-0.1, -0.05) is 52.3 Å². The summed E-state index contributed by atoms with van der Waals surface area (Å²) in [7, 11) is 0. The maximum absolute atomic E-state index is 12.7. The molecule has 1 aliphatic rings. The molecule has 0 radical (unpaired) electrons. The van der Waals surface area contributed by atoms with Crippen LogP contribution in [0.3, 0.4) is 0 Å². The Kier molecular flexibility index (Phi) is 20.7. The van der Waals surface area contributed by atoms with Crippen molar-refractivity contribution in [2.24, 2.45) is 0 Å². The molecular formula is C61H62N20O9. The first kappa shape index (κ1) is 64.6. The van der Waals surface area contributed by atoms with Gasteiger partial charge >= 0.3 is 0 Å². The third-order valence-electron chi connectivity index (χ3n) is 15.0. The van der Waals surface area contributed by atoms with Crippen molar-refractivity contribution >= 4 is 28.2 Å². The standard InChI is InChI=1S/C17H14N4O.C12H14N4O2.2C11H12N4O2.C10H10N4O2/c18-10-12-11-19-21-16(12)20(13-6-2-1-3-7-13)15-9-5-4-8-14(15)17(21)22;1-2-9-10(4-3-5-17)15-11-8(6-13)7-14-16(11)12(9)18;1-3-7-9(5-16)13-10-8(4-12)6(2)14-15(10)11(7)17;1-2-3-8-9(6-16)14-10-7(4-12)5-13-15(10)11(8)17;1-2-7-8(5-15)13-9-6(3-11)4-12-14(9)10(7)16/h1-3,6-7,11H,4-5,8-9H2;7,14,17H,2-5H2,1H3;14,16H,3,5H2,1-2H3;5,13,16H,2-3,6H2,1H3;4,12,15H,2,5H2,1H3. The maximum atomic E-state index is 12.7. The molecule has 10 aromatic heterocycles. The number of rotatable bonds is 12. The van der Waals surface area contributed by atoms with Gasteiger partial charge in [0.05, 0.1) is 54.5 Å². The molecule has 12 rings (SSSR count). The van der Waals surface area contributed by atoms with Crippen LogP contribution in [0.4, 0.5) is 0 Å². The largest absolute Gasteiger partial charge is 0.396 e. The second-order valence-corrected chi connectivity index (χ2v) is 20.3. The molecule has 0 spiro atoms. The zero-order valence-corrected chi connectivity index (χ0v) is 49.8. The average Bonchev–Trinajstić information content (AvgIpc) is 1.40. The Morgan fingerprint density at radius 2 is 0.989 bits per heavy atom. The number of hydrogen-bond acceptors (Lipinski definition) is 19. The number of aryl methyl sites for hydroxylation is 2. The van der Waals surface area contributed by atoms with Crippen LogP contribution >= 0.6 is 0 Å². The second kappa shape index (κ2) is 28.9. The number of nitrogens with one attached hydrogen (secondary N) is 4. The molecule has 29 nitrogen and oxygen atoms in total. The van der Waals surface area contributed by atoms with Crippen LogP contribution in [-0.4, -0.2) is 99.6 Å². The monoisotopic (exact) mass is 1220 g/mol. The molecule has 0 amide bonds. The zero-order valence-electron chi connectivity index (χ0n) is 49.8. The van der Waals surface area contributed by atoms with Crippen molar-refractivity contribution in [2.45, 2.75) is 125 Å². The lowest BCUT2D eigenvalue weighted by atomic mass is 9.96. The number of nitriles is 5. The molecule has 10 heterocycles. The Bertz CT molecular complexity index is 5030. The number of benzene rings is 1. The summed E-state index contributed by atoms with van der Waals surface area (Å²) >= 11 is 0. The molecule has 90 heavy (non-hydrogen) atoms. The molecule has 0 saturated carbocycles. The highest BCUT2D eigenvalue weighted by atomic mass is 16.3.